The van der Waals surface area contributed by atoms with Crippen molar-refractivity contribution in [3.8, 4) is 0 Å². The quantitative estimate of drug-likeness (QED) is 0.0242. The van der Waals surface area contributed by atoms with Crippen LogP contribution in [0.4, 0.5) is 0 Å². The Hall–Kier alpha value is 0.140. The summed E-state index contributed by atoms with van der Waals surface area (Å²) in [6.45, 7) is 2.63. The maximum Gasteiger partial charge on any atom is 1.00 e. The largest absolute Gasteiger partial charge is 1.00 e. The molecule has 0 aliphatic heterocycles. The van der Waals surface area contributed by atoms with Crippen molar-refractivity contribution in [1.29, 1.82) is 0 Å². The van der Waals surface area contributed by atoms with Crippen molar-refractivity contribution in [2.75, 3.05) is 13.2 Å². The summed E-state index contributed by atoms with van der Waals surface area (Å²) in [6.07, 6.45) is 13.6. The number of carbonyl (C=O) groups excluding carboxylic acids is 2. The van der Waals surface area contributed by atoms with E-state index in [9.17, 15) is 27.9 Å². The van der Waals surface area contributed by atoms with E-state index in [-0.39, 0.29) is 81.1 Å². The Kier molecular flexibility index (Phi) is 35.8. The number of rotatable bonds is 20. The molecule has 0 saturated carbocycles. The summed E-state index contributed by atoms with van der Waals surface area (Å²) in [4.78, 5) is 33.9. The molecular weight excluding hydrogens is 540 g/mol. The Morgan fingerprint density at radius 2 is 1.53 bits per heavy atom. The van der Waals surface area contributed by atoms with E-state index in [1.165, 1.54) is 19.3 Å². The van der Waals surface area contributed by atoms with Crippen molar-refractivity contribution >= 4 is 28.0 Å². The van der Waals surface area contributed by atoms with Gasteiger partial charge in [0.15, 0.2) is 5.25 Å². The second-order valence-corrected chi connectivity index (χ2v) is 10.0. The van der Waals surface area contributed by atoms with Crippen LogP contribution in [0.25, 0.3) is 0 Å². The summed E-state index contributed by atoms with van der Waals surface area (Å²) in [5.41, 5.74) is 4.78. The number of unbranched alkanes of at least 4 members (excludes halogenated alkanes) is 8. The molecule has 14 heteroatoms. The fourth-order valence-corrected chi connectivity index (χ4v) is 3.70. The first-order valence-electron chi connectivity index (χ1n) is 12.6. The number of hydrogen-bond acceptors (Lipinski definition) is 9. The fourth-order valence-electron chi connectivity index (χ4n) is 3.06. The maximum atomic E-state index is 11.6. The molecule has 38 heavy (non-hydrogen) atoms. The Morgan fingerprint density at radius 1 is 0.974 bits per heavy atom. The van der Waals surface area contributed by atoms with E-state index in [1.807, 2.05) is 6.08 Å². The first-order valence-corrected chi connectivity index (χ1v) is 14.1. The van der Waals surface area contributed by atoms with Crippen LogP contribution in [0.15, 0.2) is 12.2 Å². The Bertz CT molecular complexity index is 745. The normalized spacial score (nSPS) is 12.3. The number of aliphatic hydroxyl groups is 2. The van der Waals surface area contributed by atoms with Crippen molar-refractivity contribution in [1.82, 2.24) is 0 Å². The first-order chi connectivity index (χ1) is 17.0. The van der Waals surface area contributed by atoms with Crippen LogP contribution in [0, 0.1) is 0 Å². The minimum Gasteiger partial charge on any atom is -1.00 e. The molecular formula is C24H47NNa2O10S. The molecule has 0 rings (SSSR count). The van der Waals surface area contributed by atoms with Crippen molar-refractivity contribution < 1.29 is 109 Å². The van der Waals surface area contributed by atoms with Gasteiger partial charge < -0.3 is 28.6 Å². The average Bonchev–Trinajstić information content (AvgIpc) is 2.80. The van der Waals surface area contributed by atoms with Crippen molar-refractivity contribution in [2.24, 2.45) is 5.73 Å². The van der Waals surface area contributed by atoms with Crippen LogP contribution in [0.1, 0.15) is 99.7 Å². The molecule has 0 aliphatic carbocycles. The van der Waals surface area contributed by atoms with E-state index in [1.54, 1.807) is 0 Å². The van der Waals surface area contributed by atoms with Crippen LogP contribution in [-0.4, -0.2) is 70.7 Å². The summed E-state index contributed by atoms with van der Waals surface area (Å²) < 4.78 is 35.4. The van der Waals surface area contributed by atoms with E-state index in [0.29, 0.717) is 19.4 Å². The molecule has 0 aliphatic rings. The number of aliphatic hydroxyl groups excluding tert-OH is 2. The molecule has 0 aromatic carbocycles. The van der Waals surface area contributed by atoms with Gasteiger partial charge >= 0.3 is 77.0 Å². The third kappa shape index (κ3) is 30.7. The number of allylic oxidation sites excluding steroid dienone is 1. The molecule has 1 unspecified atom stereocenters. The monoisotopic (exact) mass is 587 g/mol. The molecule has 0 fully saturated rings. The number of nitrogens with two attached hydrogens (primary N) is 1. The van der Waals surface area contributed by atoms with Crippen LogP contribution in [0.5, 0.6) is 0 Å². The average molecular weight is 588 g/mol. The van der Waals surface area contributed by atoms with Crippen LogP contribution in [0.2, 0.25) is 0 Å². The zero-order valence-corrected chi connectivity index (χ0v) is 28.2. The molecule has 6 N–H and O–H groups in total. The zero-order valence-electron chi connectivity index (χ0n) is 25.3. The number of ether oxygens (including phenoxy) is 1. The molecule has 2 atom stereocenters. The summed E-state index contributed by atoms with van der Waals surface area (Å²) in [7, 11) is -4.99. The van der Waals surface area contributed by atoms with Crippen molar-refractivity contribution in [2.45, 2.75) is 108 Å². The fraction of sp³-hybridized carbons (Fsp3) is 0.792. The topological polar surface area (TPSA) is 202 Å². The minimum absolute atomic E-state index is 0. The predicted octanol–water partition coefficient (Wildman–Crippen LogP) is -3.03. The maximum absolute atomic E-state index is 11.6. The van der Waals surface area contributed by atoms with Gasteiger partial charge in [-0.15, -0.1) is 0 Å². The molecule has 216 valence electrons. The standard InChI is InChI=1S/C22H38O9S.C2H7NO.2Na.2H/c1-2-3-4-11-14-18(23)15-12-9-7-5-6-8-10-13-16-21(26)31-22(27)19(17-20(24)25)32(28,29)30;3-1-2-4;;;;/h9,12,18-19,23H,2-8,10-11,13-17H2,1H3,(H,24,25)(H,28,29,30);4H,1-3H2;;;;/q;;2*+1;2*-1/b12-9-;;;;;/t18-,19?;;;;;/m1...../s1. The van der Waals surface area contributed by atoms with E-state index in [2.05, 4.69) is 17.7 Å². The van der Waals surface area contributed by atoms with Crippen molar-refractivity contribution in [3.63, 3.8) is 0 Å². The van der Waals surface area contributed by atoms with Gasteiger partial charge in [-0.25, -0.2) is 0 Å². The molecule has 0 radical (unpaired) electrons. The summed E-state index contributed by atoms with van der Waals surface area (Å²) in [5.74, 6) is -4.16. The number of carboxylic acid groups (broad SMARTS) is 1. The van der Waals surface area contributed by atoms with Gasteiger partial charge in [0.2, 0.25) is 0 Å². The third-order valence-corrected chi connectivity index (χ3v) is 6.12. The Labute approximate surface area is 274 Å². The second kappa shape index (κ2) is 30.1. The molecule has 11 nitrogen and oxygen atoms in total. The molecule has 0 saturated heterocycles. The zero-order chi connectivity index (χ0) is 27.8. The molecule has 0 spiro atoms. The van der Waals surface area contributed by atoms with Gasteiger partial charge in [0, 0.05) is 13.0 Å². The SMILES string of the molecule is CCCCCC[C@@H](O)C/C=C\CCCCCCCC(=O)OC(=O)C(CC(=O)O)S(=O)(=O)O.NCCO.[H-].[H-].[Na+].[Na+]. The number of esters is 2. The van der Waals surface area contributed by atoms with Gasteiger partial charge in [0.1, 0.15) is 0 Å². The van der Waals surface area contributed by atoms with Gasteiger partial charge in [-0.2, -0.15) is 8.42 Å². The van der Waals surface area contributed by atoms with Gasteiger partial charge in [0.05, 0.1) is 19.1 Å². The minimum atomic E-state index is -4.99. The van der Waals surface area contributed by atoms with Crippen LogP contribution < -0.4 is 64.8 Å². The van der Waals surface area contributed by atoms with Gasteiger partial charge in [-0.1, -0.05) is 64.0 Å². The number of aliphatic carboxylic acids is 1. The van der Waals surface area contributed by atoms with Crippen LogP contribution in [0.3, 0.4) is 0 Å². The van der Waals surface area contributed by atoms with Gasteiger partial charge in [-0.05, 0) is 32.1 Å². The Morgan fingerprint density at radius 3 is 2.05 bits per heavy atom. The molecule has 0 amide bonds. The number of hydrogen-bond donors (Lipinski definition) is 5. The second-order valence-electron chi connectivity index (χ2n) is 8.42. The van der Waals surface area contributed by atoms with Gasteiger partial charge in [0.25, 0.3) is 10.1 Å². The number of carboxylic acids is 1. The summed E-state index contributed by atoms with van der Waals surface area (Å²) in [5, 5.41) is 23.9. The first kappa shape index (κ1) is 45.1. The molecule has 0 heterocycles. The van der Waals surface area contributed by atoms with Crippen LogP contribution in [-0.2, 0) is 29.2 Å². The van der Waals surface area contributed by atoms with Crippen LogP contribution >= 0.6 is 0 Å². The van der Waals surface area contributed by atoms with E-state index >= 15 is 0 Å². The van der Waals surface area contributed by atoms with Crippen molar-refractivity contribution in [3.05, 3.63) is 12.2 Å². The Balaban J connectivity index is -0.000000336. The summed E-state index contributed by atoms with van der Waals surface area (Å²) in [6, 6.07) is 0. The smallest absolute Gasteiger partial charge is 1.00 e. The van der Waals surface area contributed by atoms with E-state index in [0.717, 1.165) is 44.9 Å². The van der Waals surface area contributed by atoms with E-state index < -0.39 is 39.7 Å². The third-order valence-electron chi connectivity index (χ3n) is 5.04. The predicted molar refractivity (Wildman–Crippen MR) is 138 cm³/mol. The molecule has 0 aromatic heterocycles. The van der Waals surface area contributed by atoms with E-state index in [4.69, 9.17) is 20.5 Å². The number of carbonyl (C=O) groups is 3. The summed E-state index contributed by atoms with van der Waals surface area (Å²) >= 11 is 0. The molecule has 0 aromatic rings. The van der Waals surface area contributed by atoms with Gasteiger partial charge in [-0.3, -0.25) is 18.9 Å². The molecule has 0 bridgehead atoms.